The molecule has 0 bridgehead atoms. The Balaban J connectivity index is 0.000000523. The van der Waals surface area contributed by atoms with Gasteiger partial charge < -0.3 is 35.4 Å². The van der Waals surface area contributed by atoms with Gasteiger partial charge in [-0.3, -0.25) is 0 Å². The molecule has 0 atom stereocenters. The summed E-state index contributed by atoms with van der Waals surface area (Å²) in [5, 5.41) is 35.3. The third-order valence-electron chi connectivity index (χ3n) is 3.24. The highest BCUT2D eigenvalue weighted by molar-refractivity contribution is 5.85. The number of carbonyl (C=O) groups is 2. The number of phenolic OH excluding ortho intramolecular Hbond substituents is 2. The van der Waals surface area contributed by atoms with Crippen LogP contribution in [0.15, 0.2) is 48.6 Å². The molecule has 9 heteroatoms. The lowest BCUT2D eigenvalue weighted by Crippen LogP contribution is -1.87. The third-order valence-corrected chi connectivity index (χ3v) is 3.24. The lowest BCUT2D eigenvalue weighted by atomic mass is 10.2. The zero-order chi connectivity index (χ0) is 21.1. The number of rotatable bonds is 6. The second kappa shape index (κ2) is 12.4. The highest BCUT2D eigenvalue weighted by atomic mass is 16.5. The van der Waals surface area contributed by atoms with Crippen LogP contribution >= 0.6 is 0 Å². The first-order chi connectivity index (χ1) is 13.3. The molecule has 6 N–H and O–H groups in total. The number of phenols is 2. The summed E-state index contributed by atoms with van der Waals surface area (Å²) in [6, 6.07) is 9.18. The Morgan fingerprint density at radius 1 is 0.759 bits per heavy atom. The fourth-order valence-electron chi connectivity index (χ4n) is 1.93. The van der Waals surface area contributed by atoms with Gasteiger partial charge in [-0.2, -0.15) is 0 Å². The first-order valence-electron chi connectivity index (χ1n) is 7.82. The largest absolute Gasteiger partial charge is 0.504 e. The summed E-state index contributed by atoms with van der Waals surface area (Å²) in [6.45, 7) is 0. The molecule has 0 unspecified atom stereocenters. The van der Waals surface area contributed by atoms with Crippen molar-refractivity contribution in [3.05, 3.63) is 59.7 Å². The molecule has 0 aromatic heterocycles. The van der Waals surface area contributed by atoms with E-state index >= 15 is 0 Å². The Labute approximate surface area is 166 Å². The van der Waals surface area contributed by atoms with Crippen molar-refractivity contribution in [3.8, 4) is 23.0 Å². The average molecular weight is 406 g/mol. The maximum atomic E-state index is 10.2. The van der Waals surface area contributed by atoms with Gasteiger partial charge in [-0.15, -0.1) is 0 Å². The standard InChI is InChI=1S/2C10H10O4.H2O/c2*1-14-9-6-7(2-4-8(9)11)3-5-10(12)13;/h2*2-6,11H,1H3,(H,12,13);1H2. The second-order valence-electron chi connectivity index (χ2n) is 5.21. The van der Waals surface area contributed by atoms with E-state index in [0.717, 1.165) is 12.2 Å². The maximum absolute atomic E-state index is 10.2. The van der Waals surface area contributed by atoms with Gasteiger partial charge in [0.25, 0.3) is 0 Å². The maximum Gasteiger partial charge on any atom is 0.328 e. The highest BCUT2D eigenvalue weighted by Crippen LogP contribution is 2.27. The molecule has 0 aliphatic carbocycles. The minimum Gasteiger partial charge on any atom is -0.504 e. The molecule has 0 amide bonds. The summed E-state index contributed by atoms with van der Waals surface area (Å²) in [7, 11) is 2.86. The van der Waals surface area contributed by atoms with E-state index in [1.807, 2.05) is 0 Å². The number of methoxy groups -OCH3 is 2. The quantitative estimate of drug-likeness (QED) is 0.530. The number of aromatic hydroxyl groups is 2. The zero-order valence-electron chi connectivity index (χ0n) is 15.7. The van der Waals surface area contributed by atoms with Crippen LogP contribution in [0.5, 0.6) is 23.0 Å². The van der Waals surface area contributed by atoms with Crippen LogP contribution < -0.4 is 9.47 Å². The Morgan fingerprint density at radius 2 is 1.10 bits per heavy atom. The Kier molecular flexibility index (Phi) is 10.7. The van der Waals surface area contributed by atoms with Crippen LogP contribution in [0, 0.1) is 0 Å². The molecule has 2 aromatic carbocycles. The molecule has 0 aliphatic rings. The minimum atomic E-state index is -1.02. The molecule has 2 rings (SSSR count). The number of ether oxygens (including phenoxy) is 2. The molecule has 0 saturated heterocycles. The molecule has 0 fully saturated rings. The third kappa shape index (κ3) is 8.98. The van der Waals surface area contributed by atoms with E-state index in [1.165, 1.54) is 38.5 Å². The van der Waals surface area contributed by atoms with Gasteiger partial charge in [-0.25, -0.2) is 9.59 Å². The Morgan fingerprint density at radius 3 is 1.38 bits per heavy atom. The van der Waals surface area contributed by atoms with Crippen molar-refractivity contribution < 1.29 is 45.0 Å². The van der Waals surface area contributed by atoms with Gasteiger partial charge in [0.2, 0.25) is 0 Å². The number of hydrogen-bond donors (Lipinski definition) is 4. The van der Waals surface area contributed by atoms with Crippen molar-refractivity contribution in [1.82, 2.24) is 0 Å². The molecule has 0 spiro atoms. The van der Waals surface area contributed by atoms with Crippen LogP contribution in [-0.2, 0) is 9.59 Å². The normalized spacial score (nSPS) is 10.0. The van der Waals surface area contributed by atoms with Gasteiger partial charge in [-0.05, 0) is 47.5 Å². The summed E-state index contributed by atoms with van der Waals surface area (Å²) >= 11 is 0. The van der Waals surface area contributed by atoms with Crippen LogP contribution in [0.3, 0.4) is 0 Å². The van der Waals surface area contributed by atoms with Gasteiger partial charge >= 0.3 is 11.9 Å². The van der Waals surface area contributed by atoms with Crippen LogP contribution in [0.25, 0.3) is 12.2 Å². The van der Waals surface area contributed by atoms with Crippen molar-refractivity contribution in [1.29, 1.82) is 0 Å². The summed E-state index contributed by atoms with van der Waals surface area (Å²) < 4.78 is 9.72. The van der Waals surface area contributed by atoms with Gasteiger partial charge in [0.15, 0.2) is 23.0 Å². The fraction of sp³-hybridized carbons (Fsp3) is 0.100. The molecule has 2 aromatic rings. The predicted molar refractivity (Wildman–Crippen MR) is 106 cm³/mol. The molecule has 9 nitrogen and oxygen atoms in total. The molecular formula is C20H22O9. The number of aliphatic carboxylic acids is 2. The smallest absolute Gasteiger partial charge is 0.328 e. The molecule has 0 heterocycles. The molecule has 0 saturated carbocycles. The lowest BCUT2D eigenvalue weighted by Gasteiger charge is -2.03. The summed E-state index contributed by atoms with van der Waals surface area (Å²) in [4.78, 5) is 20.5. The molecule has 0 aliphatic heterocycles. The van der Waals surface area contributed by atoms with E-state index in [2.05, 4.69) is 0 Å². The van der Waals surface area contributed by atoms with Crippen LogP contribution in [-0.4, -0.2) is 52.1 Å². The minimum absolute atomic E-state index is 0. The van der Waals surface area contributed by atoms with E-state index in [4.69, 9.17) is 19.7 Å². The van der Waals surface area contributed by atoms with E-state index in [1.54, 1.807) is 24.3 Å². The van der Waals surface area contributed by atoms with Crippen molar-refractivity contribution in [2.24, 2.45) is 0 Å². The SMILES string of the molecule is COc1cc(C=CC(=O)O)ccc1O.COc1cc(C=CC(=O)O)ccc1O.O. The highest BCUT2D eigenvalue weighted by Gasteiger charge is 2.01. The molecule has 156 valence electrons. The molecular weight excluding hydrogens is 384 g/mol. The van der Waals surface area contributed by atoms with E-state index in [-0.39, 0.29) is 17.0 Å². The lowest BCUT2D eigenvalue weighted by molar-refractivity contribution is -0.132. The van der Waals surface area contributed by atoms with Gasteiger partial charge in [0.1, 0.15) is 0 Å². The first kappa shape index (κ1) is 25.0. The first-order valence-corrected chi connectivity index (χ1v) is 7.82. The van der Waals surface area contributed by atoms with Gasteiger partial charge in [0, 0.05) is 12.2 Å². The van der Waals surface area contributed by atoms with Gasteiger partial charge in [0.05, 0.1) is 14.2 Å². The number of carboxylic acid groups (broad SMARTS) is 2. The average Bonchev–Trinajstić information content (AvgIpc) is 2.67. The number of carboxylic acids is 2. The molecule has 29 heavy (non-hydrogen) atoms. The van der Waals surface area contributed by atoms with E-state index < -0.39 is 11.9 Å². The van der Waals surface area contributed by atoms with Gasteiger partial charge in [-0.1, -0.05) is 12.1 Å². The fourth-order valence-corrected chi connectivity index (χ4v) is 1.93. The Bertz CT molecular complexity index is 812. The zero-order valence-corrected chi connectivity index (χ0v) is 15.7. The van der Waals surface area contributed by atoms with Crippen LogP contribution in [0.2, 0.25) is 0 Å². The van der Waals surface area contributed by atoms with Crippen LogP contribution in [0.1, 0.15) is 11.1 Å². The monoisotopic (exact) mass is 406 g/mol. The second-order valence-corrected chi connectivity index (χ2v) is 5.21. The summed E-state index contributed by atoms with van der Waals surface area (Å²) in [6.07, 6.45) is 4.88. The van der Waals surface area contributed by atoms with Crippen molar-refractivity contribution >= 4 is 24.1 Å². The number of hydrogen-bond acceptors (Lipinski definition) is 6. The van der Waals surface area contributed by atoms with Crippen molar-refractivity contribution in [2.45, 2.75) is 0 Å². The van der Waals surface area contributed by atoms with Crippen molar-refractivity contribution in [3.63, 3.8) is 0 Å². The summed E-state index contributed by atoms with van der Waals surface area (Å²) in [5.74, 6) is -1.34. The van der Waals surface area contributed by atoms with Crippen molar-refractivity contribution in [2.75, 3.05) is 14.2 Å². The van der Waals surface area contributed by atoms with Crippen LogP contribution in [0.4, 0.5) is 0 Å². The Hall–Kier alpha value is -3.98. The van der Waals surface area contributed by atoms with E-state index in [9.17, 15) is 19.8 Å². The molecule has 0 radical (unpaired) electrons. The summed E-state index contributed by atoms with van der Waals surface area (Å²) in [5.41, 5.74) is 1.31. The predicted octanol–water partition coefficient (Wildman–Crippen LogP) is 2.17. The topological polar surface area (TPSA) is 165 Å². The van der Waals surface area contributed by atoms with E-state index in [0.29, 0.717) is 22.6 Å². The number of benzene rings is 2.